The average molecular weight is 459 g/mol. The maximum atomic E-state index is 12.9. The second-order valence-corrected chi connectivity index (χ2v) is 8.19. The van der Waals surface area contributed by atoms with Crippen molar-refractivity contribution in [2.24, 2.45) is 5.10 Å². The number of carbonyl (C=O) groups excluding carboxylic acids is 1. The average Bonchev–Trinajstić information content (AvgIpc) is 3.11. The molecule has 1 amide bonds. The third-order valence-electron chi connectivity index (χ3n) is 5.89. The number of carboxylic acids is 1. The van der Waals surface area contributed by atoms with Gasteiger partial charge in [-0.15, -0.1) is 0 Å². The van der Waals surface area contributed by atoms with Crippen LogP contribution in [0, 0.1) is 6.92 Å². The highest BCUT2D eigenvalue weighted by atomic mass is 16.4. The van der Waals surface area contributed by atoms with E-state index in [9.17, 15) is 14.7 Å². The van der Waals surface area contributed by atoms with Gasteiger partial charge in [0.1, 0.15) is 11.8 Å². The van der Waals surface area contributed by atoms with Gasteiger partial charge in [-0.05, 0) is 73.7 Å². The first kappa shape index (κ1) is 23.0. The van der Waals surface area contributed by atoms with Crippen molar-refractivity contribution in [2.75, 3.05) is 10.4 Å². The van der Waals surface area contributed by atoms with Crippen molar-refractivity contribution >= 4 is 29.0 Å². The predicted molar refractivity (Wildman–Crippen MR) is 131 cm³/mol. The molecule has 0 spiro atoms. The molecule has 1 aliphatic heterocycles. The Hall–Kier alpha value is -4.17. The zero-order valence-electron chi connectivity index (χ0n) is 18.9. The molecule has 0 saturated heterocycles. The molecule has 3 aromatic carbocycles. The van der Waals surface area contributed by atoms with Crippen molar-refractivity contribution in [1.29, 1.82) is 0 Å². The highest BCUT2D eigenvalue weighted by molar-refractivity contribution is 6.18. The summed E-state index contributed by atoms with van der Waals surface area (Å²) in [4.78, 5) is 24.0. The van der Waals surface area contributed by atoms with Gasteiger partial charge in [0, 0.05) is 0 Å². The first-order valence-electron chi connectivity index (χ1n) is 10.9. The summed E-state index contributed by atoms with van der Waals surface area (Å²) in [5, 5.41) is 25.4. The Bertz CT molecular complexity index is 1250. The lowest BCUT2D eigenvalue weighted by atomic mass is 10.00. The highest BCUT2D eigenvalue weighted by Gasteiger charge is 2.34. The Balaban J connectivity index is 1.42. The Morgan fingerprint density at radius 1 is 0.971 bits per heavy atom. The van der Waals surface area contributed by atoms with E-state index >= 15 is 0 Å². The Morgan fingerprint density at radius 2 is 1.65 bits per heavy atom. The van der Waals surface area contributed by atoms with Crippen LogP contribution >= 0.6 is 0 Å². The number of nitrogens with one attached hydrogen (secondary N) is 2. The molecular weight excluding hydrogens is 432 g/mol. The molecule has 1 atom stereocenters. The van der Waals surface area contributed by atoms with Crippen LogP contribution in [-0.4, -0.2) is 33.8 Å². The Labute approximate surface area is 197 Å². The number of phenols is 1. The van der Waals surface area contributed by atoms with Crippen LogP contribution in [-0.2, 0) is 17.6 Å². The van der Waals surface area contributed by atoms with Gasteiger partial charge in [-0.3, -0.25) is 4.79 Å². The zero-order chi connectivity index (χ0) is 24.2. The molecule has 0 aromatic heterocycles. The van der Waals surface area contributed by atoms with Gasteiger partial charge in [-0.2, -0.15) is 10.1 Å². The van der Waals surface area contributed by atoms with Gasteiger partial charge in [-0.25, -0.2) is 10.2 Å². The second kappa shape index (κ2) is 9.76. The van der Waals surface area contributed by atoms with Gasteiger partial charge >= 0.3 is 5.97 Å². The lowest BCUT2D eigenvalue weighted by Crippen LogP contribution is -2.45. The number of rotatable bonds is 8. The molecule has 0 radical (unpaired) electrons. The maximum Gasteiger partial charge on any atom is 0.335 e. The second-order valence-electron chi connectivity index (χ2n) is 8.19. The van der Waals surface area contributed by atoms with Crippen molar-refractivity contribution in [2.45, 2.75) is 32.7 Å². The molecule has 174 valence electrons. The minimum absolute atomic E-state index is 0.129. The van der Waals surface area contributed by atoms with Gasteiger partial charge in [0.2, 0.25) is 0 Å². The summed E-state index contributed by atoms with van der Waals surface area (Å²) in [6.07, 6.45) is 1.48. The SMILES string of the molecule is CC1=NN(c2ccc(C(=O)O)cc2)C(=O)C1NNc1cccc(CCc2ccccc2C)c1O. The number of aromatic hydroxyl groups is 1. The molecule has 8 heteroatoms. The molecule has 3 aromatic rings. The van der Waals surface area contributed by atoms with E-state index in [2.05, 4.69) is 35.0 Å². The number of hydrazone groups is 1. The predicted octanol–water partition coefficient (Wildman–Crippen LogP) is 3.89. The first-order valence-corrected chi connectivity index (χ1v) is 10.9. The van der Waals surface area contributed by atoms with E-state index in [1.54, 1.807) is 13.0 Å². The molecule has 0 saturated carbocycles. The molecule has 0 fully saturated rings. The molecule has 1 aliphatic rings. The van der Waals surface area contributed by atoms with Crippen LogP contribution in [0.15, 0.2) is 71.8 Å². The molecular formula is C26H26N4O4. The first-order chi connectivity index (χ1) is 16.3. The number of carbonyl (C=O) groups is 2. The van der Waals surface area contributed by atoms with Gasteiger partial charge in [-0.1, -0.05) is 36.4 Å². The number of benzene rings is 3. The molecule has 0 aliphatic carbocycles. The van der Waals surface area contributed by atoms with Crippen molar-refractivity contribution in [3.05, 3.63) is 89.0 Å². The van der Waals surface area contributed by atoms with E-state index in [1.807, 2.05) is 24.3 Å². The van der Waals surface area contributed by atoms with Crippen LogP contribution in [0.2, 0.25) is 0 Å². The number of nitrogens with zero attached hydrogens (tertiary/aromatic N) is 2. The largest absolute Gasteiger partial charge is 0.505 e. The number of hydrogen-bond donors (Lipinski definition) is 4. The third-order valence-corrected chi connectivity index (χ3v) is 5.89. The molecule has 1 heterocycles. The monoisotopic (exact) mass is 458 g/mol. The molecule has 0 bridgehead atoms. The van der Waals surface area contributed by atoms with Crippen molar-refractivity contribution < 1.29 is 19.8 Å². The lowest BCUT2D eigenvalue weighted by Gasteiger charge is -2.18. The van der Waals surface area contributed by atoms with E-state index in [4.69, 9.17) is 5.11 Å². The van der Waals surface area contributed by atoms with E-state index in [0.717, 1.165) is 12.0 Å². The van der Waals surface area contributed by atoms with E-state index in [-0.39, 0.29) is 17.2 Å². The number of aromatic carboxylic acids is 1. The summed E-state index contributed by atoms with van der Waals surface area (Å²) in [5.74, 6) is -1.23. The number of phenolic OH excluding ortho intramolecular Hbond substituents is 1. The number of hydrogen-bond acceptors (Lipinski definition) is 6. The van der Waals surface area contributed by atoms with E-state index < -0.39 is 12.0 Å². The molecule has 34 heavy (non-hydrogen) atoms. The summed E-state index contributed by atoms with van der Waals surface area (Å²) in [6.45, 7) is 3.80. The smallest absolute Gasteiger partial charge is 0.335 e. The number of amides is 1. The summed E-state index contributed by atoms with van der Waals surface area (Å²) in [7, 11) is 0. The fourth-order valence-electron chi connectivity index (χ4n) is 3.87. The van der Waals surface area contributed by atoms with Crippen LogP contribution in [0.5, 0.6) is 5.75 Å². The summed E-state index contributed by atoms with van der Waals surface area (Å²) >= 11 is 0. The van der Waals surface area contributed by atoms with Crippen molar-refractivity contribution in [3.63, 3.8) is 0 Å². The van der Waals surface area contributed by atoms with Gasteiger partial charge in [0.25, 0.3) is 5.91 Å². The summed E-state index contributed by atoms with van der Waals surface area (Å²) in [5.41, 5.74) is 10.8. The number of carboxylic acid groups (broad SMARTS) is 1. The van der Waals surface area contributed by atoms with Crippen LogP contribution in [0.1, 0.15) is 34.0 Å². The third kappa shape index (κ3) is 4.77. The topological polar surface area (TPSA) is 114 Å². The normalized spacial score (nSPS) is 15.4. The number of aryl methyl sites for hydroxylation is 3. The van der Waals surface area contributed by atoms with Crippen LogP contribution in [0.25, 0.3) is 0 Å². The van der Waals surface area contributed by atoms with E-state index in [1.165, 1.54) is 40.4 Å². The van der Waals surface area contributed by atoms with Gasteiger partial charge in [0.15, 0.2) is 0 Å². The summed E-state index contributed by atoms with van der Waals surface area (Å²) < 4.78 is 0. The minimum Gasteiger partial charge on any atom is -0.505 e. The maximum absolute atomic E-state index is 12.9. The highest BCUT2D eigenvalue weighted by Crippen LogP contribution is 2.29. The molecule has 4 N–H and O–H groups in total. The Kier molecular flexibility index (Phi) is 6.60. The molecule has 4 rings (SSSR count). The number of para-hydroxylation sites is 1. The summed E-state index contributed by atoms with van der Waals surface area (Å²) in [6, 6.07) is 18.8. The lowest BCUT2D eigenvalue weighted by molar-refractivity contribution is -0.118. The Morgan fingerprint density at radius 3 is 2.35 bits per heavy atom. The van der Waals surface area contributed by atoms with E-state index in [0.29, 0.717) is 23.5 Å². The minimum atomic E-state index is -1.04. The fourth-order valence-corrected chi connectivity index (χ4v) is 3.87. The van der Waals surface area contributed by atoms with Crippen LogP contribution in [0.4, 0.5) is 11.4 Å². The van der Waals surface area contributed by atoms with Crippen molar-refractivity contribution in [3.8, 4) is 5.75 Å². The zero-order valence-corrected chi connectivity index (χ0v) is 18.9. The van der Waals surface area contributed by atoms with Gasteiger partial charge < -0.3 is 15.6 Å². The number of anilines is 2. The molecule has 1 unspecified atom stereocenters. The van der Waals surface area contributed by atoms with Crippen LogP contribution in [0.3, 0.4) is 0 Å². The van der Waals surface area contributed by atoms with Crippen molar-refractivity contribution in [1.82, 2.24) is 5.43 Å². The molecule has 8 nitrogen and oxygen atoms in total. The van der Waals surface area contributed by atoms with Gasteiger partial charge in [0.05, 0.1) is 22.6 Å². The standard InChI is InChI=1S/C26H26N4O4/c1-16-6-3-4-7-18(16)10-11-19-8-5-9-22(24(19)31)27-28-23-17(2)29-30(25(23)32)21-14-12-20(13-15-21)26(33)34/h3-9,12-15,23,27-28,31H,10-11H2,1-2H3,(H,33,34). The number of hydrazine groups is 1. The quantitative estimate of drug-likeness (QED) is 0.301. The van der Waals surface area contributed by atoms with Crippen LogP contribution < -0.4 is 15.9 Å². The fraction of sp³-hybridized carbons (Fsp3) is 0.192.